The summed E-state index contributed by atoms with van der Waals surface area (Å²) in [7, 11) is 0. The SMILES string of the molecule is N#CCCCCNCc1ccccc1O. The lowest BCUT2D eigenvalue weighted by molar-refractivity contribution is 0.464. The van der Waals surface area contributed by atoms with Crippen LogP contribution in [0.3, 0.4) is 0 Å². The van der Waals surface area contributed by atoms with E-state index < -0.39 is 0 Å². The third-order valence-electron chi connectivity index (χ3n) is 2.20. The van der Waals surface area contributed by atoms with Crippen LogP contribution in [0.5, 0.6) is 5.75 Å². The van der Waals surface area contributed by atoms with Crippen LogP contribution in [0.4, 0.5) is 0 Å². The molecule has 0 radical (unpaired) electrons. The van der Waals surface area contributed by atoms with Gasteiger partial charge in [0.15, 0.2) is 0 Å². The van der Waals surface area contributed by atoms with Gasteiger partial charge in [0.05, 0.1) is 6.07 Å². The van der Waals surface area contributed by atoms with Gasteiger partial charge in [-0.2, -0.15) is 5.26 Å². The molecule has 80 valence electrons. The second-order valence-corrected chi connectivity index (χ2v) is 3.42. The number of nitriles is 1. The second-order valence-electron chi connectivity index (χ2n) is 3.42. The number of hydrogen-bond donors (Lipinski definition) is 2. The van der Waals surface area contributed by atoms with Gasteiger partial charge in [0, 0.05) is 18.5 Å². The number of hydrogen-bond acceptors (Lipinski definition) is 3. The van der Waals surface area contributed by atoms with Gasteiger partial charge in [0.2, 0.25) is 0 Å². The van der Waals surface area contributed by atoms with Crippen LogP contribution in [-0.2, 0) is 6.54 Å². The van der Waals surface area contributed by atoms with Crippen LogP contribution in [0.2, 0.25) is 0 Å². The number of unbranched alkanes of at least 4 members (excludes halogenated alkanes) is 2. The molecule has 2 N–H and O–H groups in total. The second kappa shape index (κ2) is 6.86. The number of aromatic hydroxyl groups is 1. The summed E-state index contributed by atoms with van der Waals surface area (Å²) < 4.78 is 0. The topological polar surface area (TPSA) is 56.0 Å². The molecule has 1 aromatic carbocycles. The van der Waals surface area contributed by atoms with Gasteiger partial charge >= 0.3 is 0 Å². The summed E-state index contributed by atoms with van der Waals surface area (Å²) in [5.41, 5.74) is 0.915. The molecular formula is C12H16N2O. The molecule has 0 spiro atoms. The van der Waals surface area contributed by atoms with Crippen LogP contribution in [0, 0.1) is 11.3 Å². The Morgan fingerprint density at radius 2 is 2.07 bits per heavy atom. The van der Waals surface area contributed by atoms with E-state index in [-0.39, 0.29) is 0 Å². The largest absolute Gasteiger partial charge is 0.508 e. The van der Waals surface area contributed by atoms with E-state index in [4.69, 9.17) is 5.26 Å². The Kier molecular flexibility index (Phi) is 5.28. The fourth-order valence-electron chi connectivity index (χ4n) is 1.34. The van der Waals surface area contributed by atoms with Gasteiger partial charge in [0.25, 0.3) is 0 Å². The van der Waals surface area contributed by atoms with Gasteiger partial charge in [0.1, 0.15) is 5.75 Å². The van der Waals surface area contributed by atoms with Crippen molar-refractivity contribution in [1.82, 2.24) is 5.32 Å². The van der Waals surface area contributed by atoms with Crippen molar-refractivity contribution in [3.63, 3.8) is 0 Å². The molecule has 0 unspecified atom stereocenters. The molecule has 0 bridgehead atoms. The lowest BCUT2D eigenvalue weighted by atomic mass is 10.2. The van der Waals surface area contributed by atoms with Crippen LogP contribution in [0.25, 0.3) is 0 Å². The molecule has 0 atom stereocenters. The molecule has 1 rings (SSSR count). The lowest BCUT2D eigenvalue weighted by Gasteiger charge is -2.05. The Bertz CT molecular complexity index is 331. The minimum Gasteiger partial charge on any atom is -0.508 e. The Balaban J connectivity index is 2.16. The van der Waals surface area contributed by atoms with Crippen molar-refractivity contribution in [2.24, 2.45) is 0 Å². The van der Waals surface area contributed by atoms with E-state index in [0.29, 0.717) is 18.7 Å². The summed E-state index contributed by atoms with van der Waals surface area (Å²) in [5, 5.41) is 21.0. The maximum Gasteiger partial charge on any atom is 0.120 e. The van der Waals surface area contributed by atoms with Crippen molar-refractivity contribution in [3.8, 4) is 11.8 Å². The third-order valence-corrected chi connectivity index (χ3v) is 2.20. The quantitative estimate of drug-likeness (QED) is 0.698. The van der Waals surface area contributed by atoms with E-state index in [9.17, 15) is 5.11 Å². The molecule has 3 nitrogen and oxygen atoms in total. The highest BCUT2D eigenvalue weighted by Gasteiger charge is 1.97. The van der Waals surface area contributed by atoms with Gasteiger partial charge < -0.3 is 10.4 Å². The van der Waals surface area contributed by atoms with Gasteiger partial charge in [-0.05, 0) is 25.5 Å². The monoisotopic (exact) mass is 204 g/mol. The summed E-state index contributed by atoms with van der Waals surface area (Å²) in [6.07, 6.45) is 2.56. The summed E-state index contributed by atoms with van der Waals surface area (Å²) in [6, 6.07) is 9.43. The van der Waals surface area contributed by atoms with E-state index in [1.165, 1.54) is 0 Å². The fourth-order valence-corrected chi connectivity index (χ4v) is 1.34. The minimum absolute atomic E-state index is 0.335. The number of benzene rings is 1. The van der Waals surface area contributed by atoms with Crippen LogP contribution < -0.4 is 5.32 Å². The zero-order valence-electron chi connectivity index (χ0n) is 8.74. The molecule has 0 aromatic heterocycles. The average Bonchev–Trinajstić information content (AvgIpc) is 2.25. The van der Waals surface area contributed by atoms with Crippen LogP contribution in [0.1, 0.15) is 24.8 Å². The van der Waals surface area contributed by atoms with E-state index in [1.807, 2.05) is 18.2 Å². The summed E-state index contributed by atoms with van der Waals surface area (Å²) in [6.45, 7) is 1.56. The van der Waals surface area contributed by atoms with Crippen LogP contribution >= 0.6 is 0 Å². The molecular weight excluding hydrogens is 188 g/mol. The van der Waals surface area contributed by atoms with Crippen LogP contribution in [-0.4, -0.2) is 11.7 Å². The number of phenols is 1. The normalized spacial score (nSPS) is 9.80. The molecule has 0 saturated carbocycles. The van der Waals surface area contributed by atoms with Crippen molar-refractivity contribution in [3.05, 3.63) is 29.8 Å². The molecule has 0 aliphatic rings. The first-order chi connectivity index (χ1) is 7.34. The van der Waals surface area contributed by atoms with E-state index in [1.54, 1.807) is 6.07 Å². The van der Waals surface area contributed by atoms with Gasteiger partial charge in [-0.3, -0.25) is 0 Å². The maximum absolute atomic E-state index is 9.47. The van der Waals surface area contributed by atoms with Crippen molar-refractivity contribution in [1.29, 1.82) is 5.26 Å². The van der Waals surface area contributed by atoms with Crippen molar-refractivity contribution < 1.29 is 5.11 Å². The molecule has 0 saturated heterocycles. The predicted octanol–water partition coefficient (Wildman–Crippen LogP) is 2.18. The summed E-state index contributed by atoms with van der Waals surface area (Å²) in [4.78, 5) is 0. The zero-order chi connectivity index (χ0) is 10.9. The van der Waals surface area contributed by atoms with Crippen LogP contribution in [0.15, 0.2) is 24.3 Å². The Hall–Kier alpha value is -1.53. The molecule has 15 heavy (non-hydrogen) atoms. The Morgan fingerprint density at radius 1 is 1.27 bits per heavy atom. The minimum atomic E-state index is 0.335. The molecule has 0 heterocycles. The molecule has 0 fully saturated rings. The number of rotatable bonds is 6. The highest BCUT2D eigenvalue weighted by molar-refractivity contribution is 5.31. The predicted molar refractivity (Wildman–Crippen MR) is 59.3 cm³/mol. The van der Waals surface area contributed by atoms with Gasteiger partial charge in [-0.1, -0.05) is 18.2 Å². The Morgan fingerprint density at radius 3 is 2.80 bits per heavy atom. The lowest BCUT2D eigenvalue weighted by Crippen LogP contribution is -2.14. The van der Waals surface area contributed by atoms with Crippen molar-refractivity contribution >= 4 is 0 Å². The molecule has 1 aromatic rings. The van der Waals surface area contributed by atoms with Crippen molar-refractivity contribution in [2.45, 2.75) is 25.8 Å². The molecule has 3 heteroatoms. The summed E-state index contributed by atoms with van der Waals surface area (Å²) >= 11 is 0. The number of nitrogens with one attached hydrogen (secondary N) is 1. The number of phenolic OH excluding ortho intramolecular Hbond substituents is 1. The first kappa shape index (κ1) is 11.5. The highest BCUT2D eigenvalue weighted by Crippen LogP contribution is 2.14. The van der Waals surface area contributed by atoms with E-state index in [2.05, 4.69) is 11.4 Å². The molecule has 0 amide bonds. The number of para-hydroxylation sites is 1. The van der Waals surface area contributed by atoms with Crippen molar-refractivity contribution in [2.75, 3.05) is 6.54 Å². The summed E-state index contributed by atoms with van der Waals surface area (Å²) in [5.74, 6) is 0.335. The first-order valence-corrected chi connectivity index (χ1v) is 5.19. The van der Waals surface area contributed by atoms with Gasteiger partial charge in [-0.25, -0.2) is 0 Å². The third kappa shape index (κ3) is 4.48. The number of nitrogens with zero attached hydrogens (tertiary/aromatic N) is 1. The Labute approximate surface area is 90.4 Å². The molecule has 0 aliphatic carbocycles. The smallest absolute Gasteiger partial charge is 0.120 e. The standard InChI is InChI=1S/C12H16N2O/c13-8-4-1-5-9-14-10-11-6-2-3-7-12(11)15/h2-3,6-7,14-15H,1,4-5,9-10H2. The fraction of sp³-hybridized carbons (Fsp3) is 0.417. The zero-order valence-corrected chi connectivity index (χ0v) is 8.74. The highest BCUT2D eigenvalue weighted by atomic mass is 16.3. The molecule has 0 aliphatic heterocycles. The first-order valence-electron chi connectivity index (χ1n) is 5.19. The van der Waals surface area contributed by atoms with E-state index >= 15 is 0 Å². The maximum atomic E-state index is 9.47. The van der Waals surface area contributed by atoms with E-state index in [0.717, 1.165) is 24.9 Å². The average molecular weight is 204 g/mol. The van der Waals surface area contributed by atoms with Gasteiger partial charge in [-0.15, -0.1) is 0 Å².